The van der Waals surface area contributed by atoms with Gasteiger partial charge in [-0.3, -0.25) is 4.90 Å². The summed E-state index contributed by atoms with van der Waals surface area (Å²) in [5.74, 6) is 0.189. The molecule has 0 saturated carbocycles. The molecule has 7 heteroatoms. The largest absolute Gasteiger partial charge is 0.435 e. The lowest BCUT2D eigenvalue weighted by atomic mass is 10.1. The minimum absolute atomic E-state index is 0.0291. The first kappa shape index (κ1) is 17.9. The van der Waals surface area contributed by atoms with E-state index in [9.17, 15) is 8.78 Å². The van der Waals surface area contributed by atoms with Gasteiger partial charge in [0.15, 0.2) is 0 Å². The molecule has 2 heterocycles. The van der Waals surface area contributed by atoms with E-state index < -0.39 is 6.61 Å². The van der Waals surface area contributed by atoms with Crippen LogP contribution >= 0.6 is 0 Å². The molecule has 0 N–H and O–H groups in total. The van der Waals surface area contributed by atoms with Crippen LogP contribution < -0.4 is 4.74 Å². The van der Waals surface area contributed by atoms with Gasteiger partial charge in [-0.2, -0.15) is 8.78 Å². The molecule has 3 aromatic rings. The summed E-state index contributed by atoms with van der Waals surface area (Å²) in [6.07, 6.45) is 1.77. The number of ether oxygens (including phenoxy) is 2. The zero-order valence-corrected chi connectivity index (χ0v) is 15.0. The van der Waals surface area contributed by atoms with Crippen LogP contribution in [-0.2, 0) is 18.3 Å². The van der Waals surface area contributed by atoms with Crippen LogP contribution in [0.15, 0.2) is 48.8 Å². The average Bonchev–Trinajstić information content (AvgIpc) is 3.02. The van der Waals surface area contributed by atoms with Crippen LogP contribution in [0.1, 0.15) is 17.2 Å². The molecule has 0 aliphatic carbocycles. The van der Waals surface area contributed by atoms with Crippen LogP contribution in [0.5, 0.6) is 5.75 Å². The monoisotopic (exact) mass is 373 g/mol. The Hall–Kier alpha value is -2.51. The molecule has 1 aromatic heterocycles. The lowest BCUT2D eigenvalue weighted by Gasteiger charge is -2.33. The molecule has 0 amide bonds. The maximum Gasteiger partial charge on any atom is 0.387 e. The smallest absolute Gasteiger partial charge is 0.387 e. The van der Waals surface area contributed by atoms with E-state index in [0.29, 0.717) is 13.2 Å². The Morgan fingerprint density at radius 1 is 1.26 bits per heavy atom. The van der Waals surface area contributed by atoms with E-state index in [0.717, 1.165) is 35.2 Å². The Morgan fingerprint density at radius 3 is 3.00 bits per heavy atom. The molecule has 27 heavy (non-hydrogen) atoms. The van der Waals surface area contributed by atoms with Crippen LogP contribution in [0.4, 0.5) is 8.78 Å². The van der Waals surface area contributed by atoms with E-state index in [1.54, 1.807) is 24.5 Å². The number of morpholine rings is 1. The number of alkyl halides is 2. The van der Waals surface area contributed by atoms with E-state index in [4.69, 9.17) is 4.74 Å². The van der Waals surface area contributed by atoms with Crippen molar-refractivity contribution in [1.82, 2.24) is 14.5 Å². The number of benzene rings is 2. The first-order chi connectivity index (χ1) is 13.1. The molecule has 1 saturated heterocycles. The Morgan fingerprint density at radius 2 is 2.15 bits per heavy atom. The Balaban J connectivity index is 1.47. The van der Waals surface area contributed by atoms with Gasteiger partial charge in [0.05, 0.1) is 30.1 Å². The number of aromatic nitrogens is 2. The number of halogens is 2. The highest BCUT2D eigenvalue weighted by Crippen LogP contribution is 2.26. The molecule has 1 aliphatic heterocycles. The normalized spacial score (nSPS) is 18.3. The number of rotatable bonds is 5. The molecule has 0 spiro atoms. The van der Waals surface area contributed by atoms with Crippen molar-refractivity contribution < 1.29 is 18.3 Å². The second-order valence-electron chi connectivity index (χ2n) is 6.72. The first-order valence-electron chi connectivity index (χ1n) is 8.87. The summed E-state index contributed by atoms with van der Waals surface area (Å²) >= 11 is 0. The minimum Gasteiger partial charge on any atom is -0.435 e. The average molecular weight is 373 g/mol. The van der Waals surface area contributed by atoms with Gasteiger partial charge in [-0.15, -0.1) is 0 Å². The highest BCUT2D eigenvalue weighted by atomic mass is 19.3. The number of hydrogen-bond acceptors (Lipinski definition) is 4. The van der Waals surface area contributed by atoms with Gasteiger partial charge in [-0.05, 0) is 35.4 Å². The molecule has 1 unspecified atom stereocenters. The molecule has 1 fully saturated rings. The van der Waals surface area contributed by atoms with Crippen LogP contribution in [-0.4, -0.2) is 40.8 Å². The number of imidazole rings is 1. The van der Waals surface area contributed by atoms with Crippen LogP contribution in [0, 0.1) is 0 Å². The quantitative estimate of drug-likeness (QED) is 0.683. The molecule has 2 aromatic carbocycles. The fourth-order valence-corrected chi connectivity index (χ4v) is 3.47. The molecular formula is C20H21F2N3O2. The van der Waals surface area contributed by atoms with Crippen LogP contribution in [0.2, 0.25) is 0 Å². The van der Waals surface area contributed by atoms with Gasteiger partial charge in [0, 0.05) is 26.7 Å². The van der Waals surface area contributed by atoms with Crippen LogP contribution in [0.3, 0.4) is 0 Å². The summed E-state index contributed by atoms with van der Waals surface area (Å²) in [7, 11) is 1.97. The van der Waals surface area contributed by atoms with Gasteiger partial charge >= 0.3 is 6.61 Å². The third-order valence-corrected chi connectivity index (χ3v) is 4.80. The number of fused-ring (bicyclic) bond motifs is 1. The van der Waals surface area contributed by atoms with Gasteiger partial charge < -0.3 is 14.0 Å². The van der Waals surface area contributed by atoms with E-state index in [2.05, 4.69) is 26.8 Å². The van der Waals surface area contributed by atoms with Crippen molar-refractivity contribution in [2.75, 3.05) is 19.7 Å². The van der Waals surface area contributed by atoms with E-state index in [1.807, 2.05) is 23.7 Å². The topological polar surface area (TPSA) is 39.5 Å². The van der Waals surface area contributed by atoms with Crippen molar-refractivity contribution in [1.29, 1.82) is 0 Å². The molecule has 0 radical (unpaired) electrons. The Kier molecular flexibility index (Phi) is 5.05. The minimum atomic E-state index is -2.81. The van der Waals surface area contributed by atoms with Crippen molar-refractivity contribution in [3.8, 4) is 5.75 Å². The Bertz CT molecular complexity index is 928. The second-order valence-corrected chi connectivity index (χ2v) is 6.72. The highest BCUT2D eigenvalue weighted by molar-refractivity contribution is 5.76. The fraction of sp³-hybridized carbons (Fsp3) is 0.350. The summed E-state index contributed by atoms with van der Waals surface area (Å²) < 4.78 is 37.3. The first-order valence-corrected chi connectivity index (χ1v) is 8.87. The predicted molar refractivity (Wildman–Crippen MR) is 97.8 cm³/mol. The predicted octanol–water partition coefficient (Wildman–Crippen LogP) is 3.75. The summed E-state index contributed by atoms with van der Waals surface area (Å²) in [4.78, 5) is 6.62. The van der Waals surface area contributed by atoms with Gasteiger partial charge in [0.25, 0.3) is 0 Å². The van der Waals surface area contributed by atoms with Crippen molar-refractivity contribution in [3.05, 3.63) is 59.9 Å². The molecule has 1 atom stereocenters. The van der Waals surface area contributed by atoms with Gasteiger partial charge in [-0.1, -0.05) is 18.2 Å². The Labute approximate surface area is 156 Å². The SMILES string of the molecule is Cn1cnc2ccc(C3CN(Cc4cccc(OC(F)F)c4)CCO3)cc21. The third kappa shape index (κ3) is 4.09. The standard InChI is InChI=1S/C20H21F2N3O2/c1-24-13-23-17-6-5-15(10-18(17)24)19-12-25(7-8-26-19)11-14-3-2-4-16(9-14)27-20(21)22/h2-6,9-10,13,19-20H,7-8,11-12H2,1H3. The molecule has 0 bridgehead atoms. The van der Waals surface area contributed by atoms with E-state index in [-0.39, 0.29) is 11.9 Å². The second kappa shape index (κ2) is 7.62. The zero-order valence-electron chi connectivity index (χ0n) is 15.0. The lowest BCUT2D eigenvalue weighted by Crippen LogP contribution is -2.37. The summed E-state index contributed by atoms with van der Waals surface area (Å²) in [6, 6.07) is 13.1. The van der Waals surface area contributed by atoms with Gasteiger partial charge in [0.2, 0.25) is 0 Å². The highest BCUT2D eigenvalue weighted by Gasteiger charge is 2.23. The number of nitrogens with zero attached hydrogens (tertiary/aromatic N) is 3. The molecular weight excluding hydrogens is 352 g/mol. The van der Waals surface area contributed by atoms with Gasteiger partial charge in [-0.25, -0.2) is 4.98 Å². The van der Waals surface area contributed by atoms with Gasteiger partial charge in [0.1, 0.15) is 5.75 Å². The number of aryl methyl sites for hydroxylation is 1. The van der Waals surface area contributed by atoms with Crippen molar-refractivity contribution in [2.45, 2.75) is 19.3 Å². The van der Waals surface area contributed by atoms with Crippen LogP contribution in [0.25, 0.3) is 11.0 Å². The molecule has 142 valence electrons. The molecule has 1 aliphatic rings. The maximum atomic E-state index is 12.4. The van der Waals surface area contributed by atoms with E-state index >= 15 is 0 Å². The summed E-state index contributed by atoms with van der Waals surface area (Å²) in [5, 5.41) is 0. The maximum absolute atomic E-state index is 12.4. The summed E-state index contributed by atoms with van der Waals surface area (Å²) in [6.45, 7) is 0.0124. The van der Waals surface area contributed by atoms with Crippen molar-refractivity contribution in [2.24, 2.45) is 7.05 Å². The third-order valence-electron chi connectivity index (χ3n) is 4.80. The zero-order chi connectivity index (χ0) is 18.8. The molecule has 4 rings (SSSR count). The van der Waals surface area contributed by atoms with E-state index in [1.165, 1.54) is 0 Å². The lowest BCUT2D eigenvalue weighted by molar-refractivity contribution is -0.0500. The van der Waals surface area contributed by atoms with Crippen molar-refractivity contribution in [3.63, 3.8) is 0 Å². The van der Waals surface area contributed by atoms with Crippen molar-refractivity contribution >= 4 is 11.0 Å². The summed E-state index contributed by atoms with van der Waals surface area (Å²) in [5.41, 5.74) is 4.09. The fourth-order valence-electron chi connectivity index (χ4n) is 3.47. The molecule has 5 nitrogen and oxygen atoms in total. The number of hydrogen-bond donors (Lipinski definition) is 0.